The third kappa shape index (κ3) is 4.24. The second kappa shape index (κ2) is 7.99. The van der Waals surface area contributed by atoms with Crippen LogP contribution in [0.25, 0.3) is 0 Å². The van der Waals surface area contributed by atoms with Crippen molar-refractivity contribution in [1.82, 2.24) is 14.8 Å². The number of nitrogens with zero attached hydrogens (tertiary/aromatic N) is 3. The fourth-order valence-corrected chi connectivity index (χ4v) is 3.02. The first-order chi connectivity index (χ1) is 10.5. The molecule has 0 aliphatic carbocycles. The highest BCUT2D eigenvalue weighted by Gasteiger charge is 2.45. The zero-order valence-electron chi connectivity index (χ0n) is 13.6. The van der Waals surface area contributed by atoms with Crippen molar-refractivity contribution in [2.24, 2.45) is 0 Å². The monoisotopic (exact) mass is 309 g/mol. The summed E-state index contributed by atoms with van der Waals surface area (Å²) in [6.07, 6.45) is 1.31. The van der Waals surface area contributed by atoms with Crippen molar-refractivity contribution in [1.29, 1.82) is 0 Å². The fraction of sp³-hybridized carbons (Fsp3) is 0.688. The number of aliphatic hydroxyl groups excluding tert-OH is 2. The van der Waals surface area contributed by atoms with Gasteiger partial charge < -0.3 is 19.8 Å². The number of hydrogen-bond acceptors (Lipinski definition) is 6. The van der Waals surface area contributed by atoms with E-state index in [2.05, 4.69) is 9.88 Å². The number of aromatic nitrogens is 1. The van der Waals surface area contributed by atoms with Gasteiger partial charge in [0.05, 0.1) is 18.8 Å². The van der Waals surface area contributed by atoms with E-state index in [-0.39, 0.29) is 18.8 Å². The molecule has 4 unspecified atom stereocenters. The molecule has 0 spiro atoms. The topological polar surface area (TPSA) is 69.1 Å². The molecule has 1 fully saturated rings. The normalized spacial score (nSPS) is 28.7. The van der Waals surface area contributed by atoms with E-state index in [1.54, 1.807) is 6.20 Å². The Morgan fingerprint density at radius 1 is 1.23 bits per heavy atom. The fourth-order valence-electron chi connectivity index (χ4n) is 3.02. The highest BCUT2D eigenvalue weighted by Crippen LogP contribution is 2.25. The van der Waals surface area contributed by atoms with Crippen LogP contribution < -0.4 is 0 Å². The lowest BCUT2D eigenvalue weighted by Crippen LogP contribution is -2.49. The van der Waals surface area contributed by atoms with E-state index in [1.165, 1.54) is 0 Å². The average Bonchev–Trinajstić information content (AvgIpc) is 2.81. The summed E-state index contributed by atoms with van der Waals surface area (Å²) in [6.45, 7) is 1.34. The van der Waals surface area contributed by atoms with Gasteiger partial charge in [0.15, 0.2) is 0 Å². The number of aliphatic hydroxyl groups is 2. The van der Waals surface area contributed by atoms with Gasteiger partial charge in [0.1, 0.15) is 12.2 Å². The first-order valence-electron chi connectivity index (χ1n) is 7.72. The number of ether oxygens (including phenoxy) is 1. The Kier molecular flexibility index (Phi) is 6.28. The predicted octanol–water partition coefficient (Wildman–Crippen LogP) is -0.393. The van der Waals surface area contributed by atoms with Gasteiger partial charge in [-0.05, 0) is 33.3 Å². The summed E-state index contributed by atoms with van der Waals surface area (Å²) in [5.74, 6) is 0. The molecule has 0 radical (unpaired) electrons. The van der Waals surface area contributed by atoms with Crippen LogP contribution in [0.3, 0.4) is 0 Å². The molecule has 22 heavy (non-hydrogen) atoms. The molecular formula is C16H27N3O3. The first kappa shape index (κ1) is 17.3. The van der Waals surface area contributed by atoms with Gasteiger partial charge in [-0.2, -0.15) is 0 Å². The van der Waals surface area contributed by atoms with Crippen LogP contribution in [-0.2, 0) is 11.2 Å². The van der Waals surface area contributed by atoms with Gasteiger partial charge in [0.2, 0.25) is 0 Å². The van der Waals surface area contributed by atoms with Crippen LogP contribution in [0.15, 0.2) is 24.4 Å². The molecule has 0 bridgehead atoms. The van der Waals surface area contributed by atoms with Crippen molar-refractivity contribution in [2.75, 3.05) is 40.8 Å². The second-order valence-corrected chi connectivity index (χ2v) is 6.19. The lowest BCUT2D eigenvalue weighted by atomic mass is 10.0. The zero-order valence-corrected chi connectivity index (χ0v) is 13.6. The standard InChI is InChI=1S/C16H27N3O3/c1-18(2)10-13-15(16(21)14(11-20)22-13)19(3)9-7-12-6-4-5-8-17-12/h4-6,8,13-16,20-21H,7,9-11H2,1-3H3. The molecule has 4 atom stereocenters. The van der Waals surface area contributed by atoms with E-state index in [0.29, 0.717) is 6.54 Å². The van der Waals surface area contributed by atoms with Crippen LogP contribution in [0.1, 0.15) is 5.69 Å². The summed E-state index contributed by atoms with van der Waals surface area (Å²) in [7, 11) is 5.95. The molecule has 0 amide bonds. The van der Waals surface area contributed by atoms with Crippen molar-refractivity contribution < 1.29 is 14.9 Å². The summed E-state index contributed by atoms with van der Waals surface area (Å²) >= 11 is 0. The maximum absolute atomic E-state index is 10.4. The molecule has 1 saturated heterocycles. The highest BCUT2D eigenvalue weighted by molar-refractivity contribution is 5.04. The van der Waals surface area contributed by atoms with E-state index in [9.17, 15) is 10.2 Å². The lowest BCUT2D eigenvalue weighted by Gasteiger charge is -2.31. The average molecular weight is 309 g/mol. The third-order valence-electron chi connectivity index (χ3n) is 4.14. The Balaban J connectivity index is 1.99. The van der Waals surface area contributed by atoms with Crippen molar-refractivity contribution in [3.05, 3.63) is 30.1 Å². The zero-order chi connectivity index (χ0) is 16.1. The Labute approximate surface area is 132 Å². The Bertz CT molecular complexity index is 444. The maximum Gasteiger partial charge on any atom is 0.109 e. The number of pyridine rings is 1. The quantitative estimate of drug-likeness (QED) is 0.715. The summed E-state index contributed by atoms with van der Waals surface area (Å²) in [5, 5.41) is 19.8. The Morgan fingerprint density at radius 2 is 2.00 bits per heavy atom. The summed E-state index contributed by atoms with van der Waals surface area (Å²) in [6, 6.07) is 5.76. The molecule has 1 aromatic rings. The summed E-state index contributed by atoms with van der Waals surface area (Å²) in [5.41, 5.74) is 1.03. The molecule has 2 rings (SSSR count). The van der Waals surface area contributed by atoms with E-state index >= 15 is 0 Å². The molecule has 124 valence electrons. The van der Waals surface area contributed by atoms with Crippen molar-refractivity contribution in [3.8, 4) is 0 Å². The minimum absolute atomic E-state index is 0.115. The highest BCUT2D eigenvalue weighted by atomic mass is 16.5. The van der Waals surface area contributed by atoms with Crippen LogP contribution in [0.4, 0.5) is 0 Å². The molecule has 2 heterocycles. The summed E-state index contributed by atoms with van der Waals surface area (Å²) < 4.78 is 5.82. The van der Waals surface area contributed by atoms with Crippen LogP contribution >= 0.6 is 0 Å². The van der Waals surface area contributed by atoms with Gasteiger partial charge in [0, 0.05) is 31.4 Å². The van der Waals surface area contributed by atoms with Gasteiger partial charge in [-0.15, -0.1) is 0 Å². The molecule has 0 saturated carbocycles. The smallest absolute Gasteiger partial charge is 0.109 e. The van der Waals surface area contributed by atoms with Crippen LogP contribution in [0.2, 0.25) is 0 Å². The van der Waals surface area contributed by atoms with E-state index in [4.69, 9.17) is 4.74 Å². The molecule has 1 aliphatic rings. The molecule has 1 aromatic heterocycles. The largest absolute Gasteiger partial charge is 0.394 e. The SMILES string of the molecule is CN(C)CC1OC(CO)C(O)C1N(C)CCc1ccccn1. The van der Waals surface area contributed by atoms with Gasteiger partial charge in [-0.1, -0.05) is 6.07 Å². The van der Waals surface area contributed by atoms with Gasteiger partial charge in [-0.25, -0.2) is 0 Å². The maximum atomic E-state index is 10.4. The van der Waals surface area contributed by atoms with E-state index < -0.39 is 12.2 Å². The third-order valence-corrected chi connectivity index (χ3v) is 4.14. The molecule has 1 aliphatic heterocycles. The Morgan fingerprint density at radius 3 is 2.59 bits per heavy atom. The van der Waals surface area contributed by atoms with Crippen molar-refractivity contribution in [3.63, 3.8) is 0 Å². The predicted molar refractivity (Wildman–Crippen MR) is 84.7 cm³/mol. The van der Waals surface area contributed by atoms with Crippen LogP contribution in [-0.4, -0.2) is 90.2 Å². The molecule has 6 nitrogen and oxygen atoms in total. The molecule has 6 heteroatoms. The van der Waals surface area contributed by atoms with Crippen LogP contribution in [0.5, 0.6) is 0 Å². The lowest BCUT2D eigenvalue weighted by molar-refractivity contribution is -0.0273. The van der Waals surface area contributed by atoms with Gasteiger partial charge in [-0.3, -0.25) is 9.88 Å². The number of hydrogen-bond donors (Lipinski definition) is 2. The summed E-state index contributed by atoms with van der Waals surface area (Å²) in [4.78, 5) is 8.48. The molecular weight excluding hydrogens is 282 g/mol. The van der Waals surface area contributed by atoms with Gasteiger partial charge in [0.25, 0.3) is 0 Å². The minimum atomic E-state index is -0.677. The van der Waals surface area contributed by atoms with Gasteiger partial charge >= 0.3 is 0 Å². The van der Waals surface area contributed by atoms with E-state index in [1.807, 2.05) is 44.2 Å². The molecule has 2 N–H and O–H groups in total. The second-order valence-electron chi connectivity index (χ2n) is 6.19. The molecule has 0 aromatic carbocycles. The van der Waals surface area contributed by atoms with Crippen molar-refractivity contribution in [2.45, 2.75) is 30.8 Å². The Hall–Kier alpha value is -1.05. The first-order valence-corrected chi connectivity index (χ1v) is 7.72. The van der Waals surface area contributed by atoms with E-state index in [0.717, 1.165) is 18.7 Å². The number of rotatable bonds is 7. The van der Waals surface area contributed by atoms with Crippen LogP contribution in [0, 0.1) is 0 Å². The van der Waals surface area contributed by atoms with Crippen molar-refractivity contribution >= 4 is 0 Å². The number of likely N-dealkylation sites (N-methyl/N-ethyl adjacent to an activating group) is 2. The minimum Gasteiger partial charge on any atom is -0.394 e.